The molecule has 20 heavy (non-hydrogen) atoms. The molecule has 0 fully saturated rings. The van der Waals surface area contributed by atoms with Crippen molar-refractivity contribution in [2.24, 2.45) is 0 Å². The van der Waals surface area contributed by atoms with Gasteiger partial charge in [-0.1, -0.05) is 23.7 Å². The van der Waals surface area contributed by atoms with Crippen LogP contribution < -0.4 is 0 Å². The summed E-state index contributed by atoms with van der Waals surface area (Å²) < 4.78 is 25.0. The number of sulfonamides is 1. The number of aromatic nitrogens is 2. The molecule has 0 bridgehead atoms. The van der Waals surface area contributed by atoms with E-state index in [0.29, 0.717) is 11.3 Å². The van der Waals surface area contributed by atoms with Crippen LogP contribution in [0.15, 0.2) is 35.2 Å². The molecule has 0 spiro atoms. The number of nitrogens with zero attached hydrogens (tertiary/aromatic N) is 3. The highest BCUT2D eigenvalue weighted by atomic mass is 35.5. The summed E-state index contributed by atoms with van der Waals surface area (Å²) in [4.78, 5) is 8.00. The summed E-state index contributed by atoms with van der Waals surface area (Å²) in [5, 5.41) is 0.266. The molecule has 0 aliphatic carbocycles. The van der Waals surface area contributed by atoms with Gasteiger partial charge in [-0.15, -0.1) is 0 Å². The predicted octanol–water partition coefficient (Wildman–Crippen LogP) is 2.70. The van der Waals surface area contributed by atoms with Crippen LogP contribution in [0, 0.1) is 0 Å². The lowest BCUT2D eigenvalue weighted by Gasteiger charge is -2.11. The molecule has 1 heterocycles. The fourth-order valence-corrected chi connectivity index (χ4v) is 2.86. The fourth-order valence-electron chi connectivity index (χ4n) is 1.55. The molecule has 2 aromatic rings. The second-order valence-corrected chi connectivity index (χ2v) is 7.03. The average molecular weight is 332 g/mol. The minimum atomic E-state index is -3.44. The van der Waals surface area contributed by atoms with E-state index < -0.39 is 10.0 Å². The third kappa shape index (κ3) is 3.09. The molecule has 0 unspecified atom stereocenters. The van der Waals surface area contributed by atoms with E-state index in [0.717, 1.165) is 4.31 Å². The van der Waals surface area contributed by atoms with Gasteiger partial charge in [-0.05, 0) is 23.7 Å². The number of halogens is 2. The van der Waals surface area contributed by atoms with Crippen molar-refractivity contribution in [1.82, 2.24) is 14.3 Å². The summed E-state index contributed by atoms with van der Waals surface area (Å²) in [5.74, 6) is 0. The monoisotopic (exact) mass is 331 g/mol. The van der Waals surface area contributed by atoms with Gasteiger partial charge < -0.3 is 0 Å². The Morgan fingerprint density at radius 3 is 2.15 bits per heavy atom. The van der Waals surface area contributed by atoms with Crippen molar-refractivity contribution in [2.45, 2.75) is 4.90 Å². The number of hydrogen-bond donors (Lipinski definition) is 0. The van der Waals surface area contributed by atoms with Crippen LogP contribution in [0.25, 0.3) is 11.3 Å². The number of rotatable bonds is 3. The summed E-state index contributed by atoms with van der Waals surface area (Å²) in [6, 6.07) is 7.86. The summed E-state index contributed by atoms with van der Waals surface area (Å²) >= 11 is 11.5. The van der Waals surface area contributed by atoms with Crippen LogP contribution >= 0.6 is 23.2 Å². The van der Waals surface area contributed by atoms with Gasteiger partial charge in [0.2, 0.25) is 15.3 Å². The molecule has 0 amide bonds. The topological polar surface area (TPSA) is 63.2 Å². The molecule has 1 aromatic heterocycles. The Hall–Kier alpha value is -1.21. The van der Waals surface area contributed by atoms with Crippen molar-refractivity contribution in [3.8, 4) is 11.3 Å². The maximum Gasteiger partial charge on any atom is 0.242 e. The van der Waals surface area contributed by atoms with Crippen LogP contribution in [0.5, 0.6) is 0 Å². The lowest BCUT2D eigenvalue weighted by molar-refractivity contribution is 0.521. The summed E-state index contributed by atoms with van der Waals surface area (Å²) in [6.45, 7) is 0. The number of hydrogen-bond acceptors (Lipinski definition) is 4. The summed E-state index contributed by atoms with van der Waals surface area (Å²) in [7, 11) is -0.485. The maximum absolute atomic E-state index is 11.9. The van der Waals surface area contributed by atoms with Gasteiger partial charge >= 0.3 is 0 Å². The Morgan fingerprint density at radius 1 is 1.05 bits per heavy atom. The predicted molar refractivity (Wildman–Crippen MR) is 78.4 cm³/mol. The molecule has 106 valence electrons. The van der Waals surface area contributed by atoms with Gasteiger partial charge in [0.25, 0.3) is 0 Å². The van der Waals surface area contributed by atoms with Gasteiger partial charge in [0, 0.05) is 25.7 Å². The van der Waals surface area contributed by atoms with E-state index in [1.807, 2.05) is 0 Å². The summed E-state index contributed by atoms with van der Waals surface area (Å²) in [5.41, 5.74) is 1.23. The van der Waals surface area contributed by atoms with Crippen molar-refractivity contribution in [3.05, 3.63) is 40.8 Å². The van der Waals surface area contributed by atoms with E-state index in [4.69, 9.17) is 23.2 Å². The standard InChI is InChI=1S/C12H11Cl2N3O2S/c1-17(2)20(18,19)9-5-3-8(4-6-9)10-7-11(13)16-12(14)15-10/h3-7H,1-2H3. The van der Waals surface area contributed by atoms with Gasteiger partial charge in [-0.25, -0.2) is 22.7 Å². The molecule has 0 N–H and O–H groups in total. The van der Waals surface area contributed by atoms with Crippen LogP contribution in [0.4, 0.5) is 0 Å². The van der Waals surface area contributed by atoms with Gasteiger partial charge in [0.15, 0.2) is 0 Å². The average Bonchev–Trinajstić information content (AvgIpc) is 2.37. The Labute approximate surface area is 127 Å². The SMILES string of the molecule is CN(C)S(=O)(=O)c1ccc(-c2cc(Cl)nc(Cl)n2)cc1. The van der Waals surface area contributed by atoms with E-state index in [9.17, 15) is 8.42 Å². The third-order valence-corrected chi connectivity index (χ3v) is 4.79. The minimum Gasteiger partial charge on any atom is -0.218 e. The van der Waals surface area contributed by atoms with Crippen molar-refractivity contribution < 1.29 is 8.42 Å². The van der Waals surface area contributed by atoms with Gasteiger partial charge in [0.1, 0.15) is 5.15 Å². The molecule has 0 aliphatic rings. The van der Waals surface area contributed by atoms with Crippen molar-refractivity contribution in [3.63, 3.8) is 0 Å². The highest BCUT2D eigenvalue weighted by Gasteiger charge is 2.17. The number of benzene rings is 1. The molecule has 0 aliphatic heterocycles. The third-order valence-electron chi connectivity index (χ3n) is 2.60. The van der Waals surface area contributed by atoms with E-state index in [1.165, 1.54) is 26.2 Å². The lowest BCUT2D eigenvalue weighted by Crippen LogP contribution is -2.22. The molecule has 1 aromatic carbocycles. The molecule has 2 rings (SSSR count). The molecule has 0 saturated heterocycles. The lowest BCUT2D eigenvalue weighted by atomic mass is 10.1. The van der Waals surface area contributed by atoms with Crippen molar-refractivity contribution in [1.29, 1.82) is 0 Å². The molecular formula is C12H11Cl2N3O2S. The van der Waals surface area contributed by atoms with E-state index in [2.05, 4.69) is 9.97 Å². The van der Waals surface area contributed by atoms with Gasteiger partial charge in [0.05, 0.1) is 10.6 Å². The second-order valence-electron chi connectivity index (χ2n) is 4.16. The second kappa shape index (κ2) is 5.65. The van der Waals surface area contributed by atoms with Crippen molar-refractivity contribution >= 4 is 33.2 Å². The first kappa shape index (κ1) is 15.2. The molecule has 0 atom stereocenters. The smallest absolute Gasteiger partial charge is 0.218 e. The Kier molecular flexibility index (Phi) is 4.29. The van der Waals surface area contributed by atoms with Crippen LogP contribution in [0.3, 0.4) is 0 Å². The normalized spacial score (nSPS) is 11.8. The molecule has 0 saturated carbocycles. The fraction of sp³-hybridized carbons (Fsp3) is 0.167. The summed E-state index contributed by atoms with van der Waals surface area (Å²) in [6.07, 6.45) is 0. The maximum atomic E-state index is 11.9. The first-order valence-corrected chi connectivity index (χ1v) is 7.73. The molecule has 0 radical (unpaired) electrons. The zero-order valence-electron chi connectivity index (χ0n) is 10.7. The Morgan fingerprint density at radius 2 is 1.65 bits per heavy atom. The van der Waals surface area contributed by atoms with E-state index in [1.54, 1.807) is 18.2 Å². The first-order valence-electron chi connectivity index (χ1n) is 5.54. The zero-order chi connectivity index (χ0) is 14.9. The first-order chi connectivity index (χ1) is 9.30. The minimum absolute atomic E-state index is 0.0393. The van der Waals surface area contributed by atoms with E-state index >= 15 is 0 Å². The highest BCUT2D eigenvalue weighted by Crippen LogP contribution is 2.23. The largest absolute Gasteiger partial charge is 0.242 e. The Bertz CT molecular complexity index is 711. The molecular weight excluding hydrogens is 321 g/mol. The quantitative estimate of drug-likeness (QED) is 0.640. The van der Waals surface area contributed by atoms with Crippen molar-refractivity contribution in [2.75, 3.05) is 14.1 Å². The highest BCUT2D eigenvalue weighted by molar-refractivity contribution is 7.89. The van der Waals surface area contributed by atoms with Crippen LogP contribution in [-0.4, -0.2) is 36.8 Å². The molecule has 5 nitrogen and oxygen atoms in total. The van der Waals surface area contributed by atoms with Crippen LogP contribution in [-0.2, 0) is 10.0 Å². The van der Waals surface area contributed by atoms with Gasteiger partial charge in [-0.2, -0.15) is 0 Å². The van der Waals surface area contributed by atoms with Crippen LogP contribution in [0.2, 0.25) is 10.4 Å². The molecule has 8 heteroatoms. The Balaban J connectivity index is 2.43. The van der Waals surface area contributed by atoms with E-state index in [-0.39, 0.29) is 15.3 Å². The van der Waals surface area contributed by atoms with Crippen LogP contribution in [0.1, 0.15) is 0 Å². The van der Waals surface area contributed by atoms with Gasteiger partial charge in [-0.3, -0.25) is 0 Å². The zero-order valence-corrected chi connectivity index (χ0v) is 13.0.